The van der Waals surface area contributed by atoms with Crippen LogP contribution in [0.2, 0.25) is 0 Å². The van der Waals surface area contributed by atoms with E-state index in [2.05, 4.69) is 0 Å². The van der Waals surface area contributed by atoms with E-state index in [4.69, 9.17) is 5.11 Å². The van der Waals surface area contributed by atoms with Crippen molar-refractivity contribution in [2.45, 2.75) is 33.2 Å². The summed E-state index contributed by atoms with van der Waals surface area (Å²) < 4.78 is 28.5. The maximum absolute atomic E-state index is 13.5. The maximum atomic E-state index is 13.5. The largest absolute Gasteiger partial charge is 0.481 e. The second kappa shape index (κ2) is 5.27. The number of benzene rings is 1. The molecule has 6 heteroatoms. The van der Waals surface area contributed by atoms with E-state index in [0.717, 1.165) is 12.1 Å². The summed E-state index contributed by atoms with van der Waals surface area (Å²) in [6, 6.07) is 1.67. The molecule has 0 atom stereocenters. The normalized spacial score (nSPS) is 11.3. The van der Waals surface area contributed by atoms with Crippen LogP contribution in [0.1, 0.15) is 31.1 Å². The Bertz CT molecular complexity index is 794. The Morgan fingerprint density at radius 1 is 1.29 bits per heavy atom. The number of carboxylic acid groups (broad SMARTS) is 1. The quantitative estimate of drug-likeness (QED) is 0.947. The molecule has 2 aromatic rings. The third kappa shape index (κ3) is 2.53. The molecular weight excluding hydrogens is 280 g/mol. The first-order chi connectivity index (χ1) is 9.73. The Hall–Kier alpha value is -2.24. The van der Waals surface area contributed by atoms with Crippen molar-refractivity contribution in [3.05, 3.63) is 45.2 Å². The van der Waals surface area contributed by atoms with Gasteiger partial charge in [-0.05, 0) is 26.8 Å². The van der Waals surface area contributed by atoms with Crippen molar-refractivity contribution in [1.82, 2.24) is 4.57 Å². The van der Waals surface area contributed by atoms with Gasteiger partial charge in [0.05, 0.1) is 11.9 Å². The number of rotatable bonds is 3. The van der Waals surface area contributed by atoms with Crippen molar-refractivity contribution < 1.29 is 18.7 Å². The Kier molecular flexibility index (Phi) is 3.80. The first-order valence-electron chi connectivity index (χ1n) is 6.48. The van der Waals surface area contributed by atoms with Crippen LogP contribution < -0.4 is 5.43 Å². The summed E-state index contributed by atoms with van der Waals surface area (Å²) in [5.41, 5.74) is 0.242. The molecule has 1 aromatic heterocycles. The molecule has 2 rings (SSSR count). The van der Waals surface area contributed by atoms with Gasteiger partial charge in [-0.2, -0.15) is 0 Å². The van der Waals surface area contributed by atoms with Crippen LogP contribution in [0, 0.1) is 18.6 Å². The van der Waals surface area contributed by atoms with Gasteiger partial charge < -0.3 is 9.67 Å². The van der Waals surface area contributed by atoms with Crippen molar-refractivity contribution in [2.24, 2.45) is 0 Å². The molecule has 0 aliphatic rings. The van der Waals surface area contributed by atoms with Gasteiger partial charge in [0.25, 0.3) is 0 Å². The number of hydrogen-bond acceptors (Lipinski definition) is 2. The standard InChI is InChI=1S/C15H15F2NO3/c1-7(2)18-8(3)9(5-14(19)20)15(21)10-4-11(16)12(17)6-13(10)18/h4,6-7H,5H2,1-3H3,(H,19,20). The fourth-order valence-electron chi connectivity index (χ4n) is 2.60. The van der Waals surface area contributed by atoms with Gasteiger partial charge in [-0.1, -0.05) is 0 Å². The molecule has 0 amide bonds. The molecule has 0 radical (unpaired) electrons. The smallest absolute Gasteiger partial charge is 0.308 e. The van der Waals surface area contributed by atoms with Crippen LogP contribution >= 0.6 is 0 Å². The first kappa shape index (κ1) is 15.2. The third-order valence-electron chi connectivity index (χ3n) is 3.46. The summed E-state index contributed by atoms with van der Waals surface area (Å²) in [7, 11) is 0. The van der Waals surface area contributed by atoms with Crippen LogP contribution in [0.15, 0.2) is 16.9 Å². The van der Waals surface area contributed by atoms with Crippen LogP contribution in [0.4, 0.5) is 8.78 Å². The molecule has 21 heavy (non-hydrogen) atoms. The number of carboxylic acids is 1. The molecule has 0 unspecified atom stereocenters. The Morgan fingerprint density at radius 3 is 2.38 bits per heavy atom. The van der Waals surface area contributed by atoms with Crippen molar-refractivity contribution >= 4 is 16.9 Å². The average Bonchev–Trinajstić information content (AvgIpc) is 2.37. The predicted molar refractivity (Wildman–Crippen MR) is 74.6 cm³/mol. The monoisotopic (exact) mass is 295 g/mol. The lowest BCUT2D eigenvalue weighted by atomic mass is 10.0. The first-order valence-corrected chi connectivity index (χ1v) is 6.48. The Morgan fingerprint density at radius 2 is 1.86 bits per heavy atom. The number of carbonyl (C=O) groups is 1. The van der Waals surface area contributed by atoms with E-state index < -0.39 is 29.5 Å². The van der Waals surface area contributed by atoms with E-state index in [1.54, 1.807) is 11.5 Å². The van der Waals surface area contributed by atoms with E-state index in [1.165, 1.54) is 0 Å². The van der Waals surface area contributed by atoms with Crippen molar-refractivity contribution in [2.75, 3.05) is 0 Å². The Labute approximate surface area is 119 Å². The van der Waals surface area contributed by atoms with Gasteiger partial charge in [-0.15, -0.1) is 0 Å². The second-order valence-electron chi connectivity index (χ2n) is 5.21. The summed E-state index contributed by atoms with van der Waals surface area (Å²) in [4.78, 5) is 23.3. The minimum absolute atomic E-state index is 0.00977. The van der Waals surface area contributed by atoms with Crippen LogP contribution in [-0.4, -0.2) is 15.6 Å². The summed E-state index contributed by atoms with van der Waals surface area (Å²) in [5, 5.41) is 8.92. The lowest BCUT2D eigenvalue weighted by Gasteiger charge is -2.21. The zero-order valence-electron chi connectivity index (χ0n) is 11.9. The summed E-state index contributed by atoms with van der Waals surface area (Å²) >= 11 is 0. The van der Waals surface area contributed by atoms with Crippen molar-refractivity contribution in [3.8, 4) is 0 Å². The van der Waals surface area contributed by atoms with Gasteiger partial charge in [-0.3, -0.25) is 9.59 Å². The topological polar surface area (TPSA) is 59.3 Å². The highest BCUT2D eigenvalue weighted by Gasteiger charge is 2.19. The zero-order chi connectivity index (χ0) is 15.9. The van der Waals surface area contributed by atoms with Crippen LogP contribution in [-0.2, 0) is 11.2 Å². The molecule has 112 valence electrons. The number of pyridine rings is 1. The van der Waals surface area contributed by atoms with E-state index in [9.17, 15) is 18.4 Å². The second-order valence-corrected chi connectivity index (χ2v) is 5.21. The van der Waals surface area contributed by atoms with Crippen molar-refractivity contribution in [3.63, 3.8) is 0 Å². The van der Waals surface area contributed by atoms with Gasteiger partial charge in [0.2, 0.25) is 0 Å². The van der Waals surface area contributed by atoms with Gasteiger partial charge in [0.15, 0.2) is 17.1 Å². The number of fused-ring (bicyclic) bond motifs is 1. The summed E-state index contributed by atoms with van der Waals surface area (Å²) in [5.74, 6) is -3.31. The lowest BCUT2D eigenvalue weighted by Crippen LogP contribution is -2.22. The van der Waals surface area contributed by atoms with E-state index >= 15 is 0 Å². The Balaban J connectivity index is 2.99. The zero-order valence-corrected chi connectivity index (χ0v) is 11.9. The number of hydrogen-bond donors (Lipinski definition) is 1. The molecule has 0 spiro atoms. The lowest BCUT2D eigenvalue weighted by molar-refractivity contribution is -0.136. The molecule has 1 N–H and O–H groups in total. The highest BCUT2D eigenvalue weighted by Crippen LogP contribution is 2.23. The van der Waals surface area contributed by atoms with Crippen LogP contribution in [0.3, 0.4) is 0 Å². The molecular formula is C15H15F2NO3. The summed E-state index contributed by atoms with van der Waals surface area (Å²) in [6.45, 7) is 5.26. The third-order valence-corrected chi connectivity index (χ3v) is 3.46. The molecule has 1 heterocycles. The minimum Gasteiger partial charge on any atom is -0.481 e. The van der Waals surface area contributed by atoms with E-state index in [0.29, 0.717) is 5.69 Å². The maximum Gasteiger partial charge on any atom is 0.308 e. The highest BCUT2D eigenvalue weighted by molar-refractivity contribution is 5.82. The van der Waals surface area contributed by atoms with Gasteiger partial charge in [0, 0.05) is 28.8 Å². The average molecular weight is 295 g/mol. The summed E-state index contributed by atoms with van der Waals surface area (Å²) in [6.07, 6.45) is -0.452. The number of halogens is 2. The molecule has 0 saturated heterocycles. The molecule has 0 saturated carbocycles. The van der Waals surface area contributed by atoms with E-state index in [1.807, 2.05) is 13.8 Å². The van der Waals surface area contributed by atoms with Crippen molar-refractivity contribution in [1.29, 1.82) is 0 Å². The SMILES string of the molecule is Cc1c(CC(=O)O)c(=O)c2cc(F)c(F)cc2n1C(C)C. The highest BCUT2D eigenvalue weighted by atomic mass is 19.2. The molecule has 1 aromatic carbocycles. The number of aromatic nitrogens is 1. The molecule has 0 aliphatic carbocycles. The van der Waals surface area contributed by atoms with Gasteiger partial charge in [-0.25, -0.2) is 8.78 Å². The number of aliphatic carboxylic acids is 1. The molecule has 4 nitrogen and oxygen atoms in total. The fraction of sp³-hybridized carbons (Fsp3) is 0.333. The molecule has 0 bridgehead atoms. The predicted octanol–water partition coefficient (Wildman–Crippen LogP) is 2.80. The van der Waals surface area contributed by atoms with E-state index in [-0.39, 0.29) is 22.5 Å². The fourth-order valence-corrected chi connectivity index (χ4v) is 2.60. The number of nitrogens with zero attached hydrogens (tertiary/aromatic N) is 1. The molecule has 0 aliphatic heterocycles. The van der Waals surface area contributed by atoms with Crippen LogP contribution in [0.5, 0.6) is 0 Å². The molecule has 0 fully saturated rings. The minimum atomic E-state index is -1.15. The van der Waals surface area contributed by atoms with Gasteiger partial charge in [0.1, 0.15) is 0 Å². The van der Waals surface area contributed by atoms with Crippen LogP contribution in [0.25, 0.3) is 10.9 Å². The van der Waals surface area contributed by atoms with Gasteiger partial charge >= 0.3 is 5.97 Å².